The van der Waals surface area contributed by atoms with Gasteiger partial charge in [0.15, 0.2) is 5.78 Å². The zero-order valence-electron chi connectivity index (χ0n) is 19.6. The van der Waals surface area contributed by atoms with Crippen molar-refractivity contribution >= 4 is 23.1 Å². The number of ketones is 1. The average molecular weight is 485 g/mol. The van der Waals surface area contributed by atoms with Gasteiger partial charge < -0.3 is 10.1 Å². The van der Waals surface area contributed by atoms with Gasteiger partial charge in [0.2, 0.25) is 5.91 Å². The van der Waals surface area contributed by atoms with Gasteiger partial charge in [0.25, 0.3) is 5.69 Å². The Morgan fingerprint density at radius 3 is 2.83 bits per heavy atom. The Morgan fingerprint density at radius 2 is 2.08 bits per heavy atom. The van der Waals surface area contributed by atoms with E-state index in [0.29, 0.717) is 34.7 Å². The van der Waals surface area contributed by atoms with Gasteiger partial charge in [-0.1, -0.05) is 12.1 Å². The predicted octanol–water partition coefficient (Wildman–Crippen LogP) is 3.91. The molecule has 1 spiro atoms. The summed E-state index contributed by atoms with van der Waals surface area (Å²) in [6.45, 7) is 0.636. The molecule has 1 N–H and O–H groups in total. The lowest BCUT2D eigenvalue weighted by Crippen LogP contribution is -2.52. The van der Waals surface area contributed by atoms with Crippen molar-refractivity contribution in [2.24, 2.45) is 5.92 Å². The van der Waals surface area contributed by atoms with E-state index in [1.807, 2.05) is 12.1 Å². The van der Waals surface area contributed by atoms with Gasteiger partial charge in [0, 0.05) is 53.3 Å². The zero-order chi connectivity index (χ0) is 25.0. The first-order valence-corrected chi connectivity index (χ1v) is 11.9. The van der Waals surface area contributed by atoms with Crippen LogP contribution in [-0.2, 0) is 10.3 Å². The molecule has 3 aromatic rings. The van der Waals surface area contributed by atoms with Crippen LogP contribution in [-0.4, -0.2) is 46.2 Å². The molecular weight excluding hydrogens is 460 g/mol. The highest BCUT2D eigenvalue weighted by Crippen LogP contribution is 2.61. The van der Waals surface area contributed by atoms with Crippen LogP contribution in [0.4, 0.5) is 11.4 Å². The quantitative estimate of drug-likeness (QED) is 0.332. The second-order valence-corrected chi connectivity index (χ2v) is 9.50. The van der Waals surface area contributed by atoms with Crippen LogP contribution in [0.1, 0.15) is 40.2 Å². The van der Waals surface area contributed by atoms with Crippen molar-refractivity contribution in [3.05, 3.63) is 93.8 Å². The first-order chi connectivity index (χ1) is 17.5. The van der Waals surface area contributed by atoms with Crippen molar-refractivity contribution in [2.75, 3.05) is 19.0 Å². The number of benzene rings is 2. The maximum atomic E-state index is 14.3. The number of pyridine rings is 1. The van der Waals surface area contributed by atoms with Gasteiger partial charge in [-0.25, -0.2) is 0 Å². The van der Waals surface area contributed by atoms with E-state index in [0.717, 1.165) is 12.8 Å². The summed E-state index contributed by atoms with van der Waals surface area (Å²) in [5.74, 6) is -1.12. The number of carbonyl (C=O) groups excluding carboxylic acids is 2. The van der Waals surface area contributed by atoms with E-state index >= 15 is 0 Å². The van der Waals surface area contributed by atoms with E-state index in [9.17, 15) is 19.7 Å². The van der Waals surface area contributed by atoms with E-state index in [4.69, 9.17) is 4.74 Å². The molecule has 0 radical (unpaired) electrons. The summed E-state index contributed by atoms with van der Waals surface area (Å²) in [5.41, 5.74) is 1.13. The number of methoxy groups -OCH3 is 1. The van der Waals surface area contributed by atoms with Crippen molar-refractivity contribution in [3.8, 4) is 5.75 Å². The summed E-state index contributed by atoms with van der Waals surface area (Å²) >= 11 is 0. The molecule has 0 aliphatic carbocycles. The number of nitro groups is 1. The smallest absolute Gasteiger partial charge is 0.269 e. The van der Waals surface area contributed by atoms with Crippen molar-refractivity contribution in [1.82, 2.24) is 9.88 Å². The van der Waals surface area contributed by atoms with Crippen LogP contribution in [0.25, 0.3) is 0 Å². The predicted molar refractivity (Wildman–Crippen MR) is 131 cm³/mol. The molecule has 2 saturated heterocycles. The molecule has 3 aliphatic rings. The molecule has 36 heavy (non-hydrogen) atoms. The molecule has 2 fully saturated rings. The highest BCUT2D eigenvalue weighted by molar-refractivity contribution is 6.12. The molecule has 182 valence electrons. The van der Waals surface area contributed by atoms with Crippen LogP contribution in [0.2, 0.25) is 0 Å². The molecule has 6 rings (SSSR count). The molecule has 4 atom stereocenters. The molecule has 1 amide bonds. The summed E-state index contributed by atoms with van der Waals surface area (Å²) in [6, 6.07) is 15.2. The summed E-state index contributed by atoms with van der Waals surface area (Å²) < 4.78 is 5.50. The molecule has 0 bridgehead atoms. The van der Waals surface area contributed by atoms with Crippen LogP contribution < -0.4 is 10.1 Å². The van der Waals surface area contributed by atoms with Gasteiger partial charge in [-0.2, -0.15) is 0 Å². The van der Waals surface area contributed by atoms with Crippen LogP contribution in [0.15, 0.2) is 67.0 Å². The van der Waals surface area contributed by atoms with Crippen molar-refractivity contribution < 1.29 is 19.2 Å². The highest BCUT2D eigenvalue weighted by Gasteiger charge is 2.69. The normalized spacial score (nSPS) is 26.5. The zero-order valence-corrected chi connectivity index (χ0v) is 19.6. The molecule has 0 unspecified atom stereocenters. The number of hydrogen-bond acceptors (Lipinski definition) is 7. The number of anilines is 1. The van der Waals surface area contributed by atoms with Crippen molar-refractivity contribution in [3.63, 3.8) is 0 Å². The average Bonchev–Trinajstić information content (AvgIpc) is 3.57. The number of amides is 1. The number of nitro benzene ring substituents is 1. The summed E-state index contributed by atoms with van der Waals surface area (Å²) in [7, 11) is 1.57. The van der Waals surface area contributed by atoms with E-state index in [-0.39, 0.29) is 23.4 Å². The monoisotopic (exact) mass is 484 g/mol. The number of Topliss-reactive ketones (excluding diaryl/α,β-unsaturated/α-hetero) is 1. The second kappa shape index (κ2) is 8.23. The van der Waals surface area contributed by atoms with Crippen molar-refractivity contribution in [2.45, 2.75) is 30.3 Å². The maximum Gasteiger partial charge on any atom is 0.269 e. The number of nitrogens with zero attached hydrogens (tertiary/aromatic N) is 3. The number of hydrogen-bond donors (Lipinski definition) is 1. The number of carbonyl (C=O) groups is 2. The molecule has 4 heterocycles. The first kappa shape index (κ1) is 22.4. The third kappa shape index (κ3) is 3.02. The maximum absolute atomic E-state index is 14.3. The molecule has 9 heteroatoms. The van der Waals surface area contributed by atoms with Crippen LogP contribution in [0.5, 0.6) is 5.75 Å². The van der Waals surface area contributed by atoms with Gasteiger partial charge in [0.1, 0.15) is 11.3 Å². The summed E-state index contributed by atoms with van der Waals surface area (Å²) in [6.07, 6.45) is 4.75. The minimum atomic E-state index is -1.27. The van der Waals surface area contributed by atoms with E-state index in [2.05, 4.69) is 15.2 Å². The second-order valence-electron chi connectivity index (χ2n) is 9.50. The molecule has 9 nitrogen and oxygen atoms in total. The first-order valence-electron chi connectivity index (χ1n) is 11.9. The molecule has 0 saturated carbocycles. The Morgan fingerprint density at radius 1 is 1.22 bits per heavy atom. The largest absolute Gasteiger partial charge is 0.497 e. The van der Waals surface area contributed by atoms with Gasteiger partial charge in [-0.05, 0) is 55.3 Å². The Kier molecular flexibility index (Phi) is 5.11. The Labute approximate surface area is 207 Å². The van der Waals surface area contributed by atoms with Gasteiger partial charge >= 0.3 is 0 Å². The van der Waals surface area contributed by atoms with E-state index < -0.39 is 22.3 Å². The van der Waals surface area contributed by atoms with Gasteiger partial charge in [0.05, 0.1) is 18.0 Å². The number of ether oxygens (including phenoxy) is 1. The van der Waals surface area contributed by atoms with Crippen LogP contribution >= 0.6 is 0 Å². The Hall–Kier alpha value is -4.11. The molecular formula is C27H24N4O5. The third-order valence-corrected chi connectivity index (χ3v) is 7.90. The van der Waals surface area contributed by atoms with Crippen molar-refractivity contribution in [1.29, 1.82) is 0 Å². The molecule has 3 aliphatic heterocycles. The Bertz CT molecular complexity index is 1390. The SMILES string of the molecule is COc1ccc2c(c1)[C@]1(C(=O)N2)[C@H](C(=O)c2cccnc2)[C@H](c2cccc([N+](=O)[O-])c2)[C@H]2CCCN21. The molecule has 2 aromatic carbocycles. The topological polar surface area (TPSA) is 115 Å². The van der Waals surface area contributed by atoms with Gasteiger partial charge in [-0.15, -0.1) is 0 Å². The lowest BCUT2D eigenvalue weighted by Gasteiger charge is -2.37. The van der Waals surface area contributed by atoms with Gasteiger partial charge in [-0.3, -0.25) is 29.6 Å². The summed E-state index contributed by atoms with van der Waals surface area (Å²) in [4.78, 5) is 45.8. The fraction of sp³-hybridized carbons (Fsp3) is 0.296. The lowest BCUT2D eigenvalue weighted by atomic mass is 9.69. The number of rotatable bonds is 5. The number of fused-ring (bicyclic) bond motifs is 4. The fourth-order valence-corrected chi connectivity index (χ4v) is 6.57. The number of non-ortho nitro benzene ring substituents is 1. The number of nitrogens with one attached hydrogen (secondary N) is 1. The standard InChI is InChI=1S/C27H24N4O5/c1-36-19-9-10-21-20(14-19)27(26(33)29-21)24(25(32)17-6-3-11-28-15-17)23(22-8-4-12-30(22)27)16-5-2-7-18(13-16)31(34)35/h2-3,5-7,9-11,13-15,22-24H,4,8,12H2,1H3,(H,29,33)/t22-,23-,24+,27-/m1/s1. The molecule has 1 aromatic heterocycles. The van der Waals surface area contributed by atoms with Crippen LogP contribution in [0, 0.1) is 16.0 Å². The van der Waals surface area contributed by atoms with E-state index in [1.54, 1.807) is 49.7 Å². The number of aromatic nitrogens is 1. The van der Waals surface area contributed by atoms with Crippen LogP contribution in [0.3, 0.4) is 0 Å². The lowest BCUT2D eigenvalue weighted by molar-refractivity contribution is -0.384. The Balaban J connectivity index is 1.63. The fourth-order valence-electron chi connectivity index (χ4n) is 6.57. The minimum Gasteiger partial charge on any atom is -0.497 e. The third-order valence-electron chi connectivity index (χ3n) is 7.90. The minimum absolute atomic E-state index is 0.0384. The summed E-state index contributed by atoms with van der Waals surface area (Å²) in [5, 5.41) is 14.6. The highest BCUT2D eigenvalue weighted by atomic mass is 16.6. The van der Waals surface area contributed by atoms with E-state index in [1.165, 1.54) is 12.3 Å².